The summed E-state index contributed by atoms with van der Waals surface area (Å²) in [7, 11) is 0. The molecule has 2 saturated heterocycles. The summed E-state index contributed by atoms with van der Waals surface area (Å²) in [6, 6.07) is 7.10. The molecule has 2 N–H and O–H groups in total. The standard InChI is InChI=1S/C28H38N6O4/c1-5-29-27(36)30-19-12-10-18(11-13-19)23-22-24(37-17-28(3,4)16-33(6-2)25(22)35)32-26(31-23)34-14-20-8-7-9-21(15-34)38-20/h10-13,20-21H,5-9,14-17H2,1-4H3,(H2,29,30,36). The van der Waals surface area contributed by atoms with Gasteiger partial charge in [0.05, 0.1) is 24.5 Å². The smallest absolute Gasteiger partial charge is 0.319 e. The van der Waals surface area contributed by atoms with E-state index in [1.165, 1.54) is 6.42 Å². The molecule has 0 aliphatic carbocycles. The number of benzene rings is 1. The SMILES string of the molecule is CCNC(=O)Nc1ccc(-c2nc(N3CC4CCCC(C3)O4)nc3c2C(=O)N(CC)CC(C)(C)CO3)cc1. The summed E-state index contributed by atoms with van der Waals surface area (Å²) in [5, 5.41) is 5.54. The zero-order valence-electron chi connectivity index (χ0n) is 22.7. The molecule has 1 aromatic heterocycles. The van der Waals surface area contributed by atoms with Gasteiger partial charge in [0, 0.05) is 49.4 Å². The Morgan fingerprint density at radius 1 is 1.11 bits per heavy atom. The first-order chi connectivity index (χ1) is 18.3. The van der Waals surface area contributed by atoms with E-state index in [0.717, 1.165) is 18.4 Å². The number of nitrogens with one attached hydrogen (secondary N) is 2. The van der Waals surface area contributed by atoms with Gasteiger partial charge in [-0.1, -0.05) is 26.0 Å². The summed E-state index contributed by atoms with van der Waals surface area (Å²) in [6.07, 6.45) is 3.55. The van der Waals surface area contributed by atoms with Gasteiger partial charge in [0.25, 0.3) is 5.91 Å². The van der Waals surface area contributed by atoms with E-state index in [0.29, 0.717) is 68.1 Å². The molecule has 0 radical (unpaired) electrons. The van der Waals surface area contributed by atoms with Crippen molar-refractivity contribution in [3.63, 3.8) is 0 Å². The number of morpholine rings is 1. The molecule has 204 valence electrons. The number of nitrogens with zero attached hydrogens (tertiary/aromatic N) is 4. The van der Waals surface area contributed by atoms with Crippen molar-refractivity contribution >= 4 is 23.6 Å². The van der Waals surface area contributed by atoms with Crippen LogP contribution in [0.2, 0.25) is 0 Å². The Bertz CT molecular complexity index is 1170. The fourth-order valence-electron chi connectivity index (χ4n) is 5.41. The average Bonchev–Trinajstić information content (AvgIpc) is 2.89. The van der Waals surface area contributed by atoms with Gasteiger partial charge >= 0.3 is 6.03 Å². The summed E-state index contributed by atoms with van der Waals surface area (Å²) < 4.78 is 12.4. The van der Waals surface area contributed by atoms with Crippen LogP contribution in [0, 0.1) is 5.41 Å². The van der Waals surface area contributed by atoms with E-state index in [2.05, 4.69) is 29.4 Å². The number of carbonyl (C=O) groups excluding carboxylic acids is 2. The van der Waals surface area contributed by atoms with E-state index < -0.39 is 0 Å². The maximum Gasteiger partial charge on any atom is 0.319 e. The lowest BCUT2D eigenvalue weighted by Crippen LogP contribution is -2.50. The summed E-state index contributed by atoms with van der Waals surface area (Å²) >= 11 is 0. The number of hydrogen-bond acceptors (Lipinski definition) is 7. The van der Waals surface area contributed by atoms with Gasteiger partial charge in [0.2, 0.25) is 11.8 Å². The van der Waals surface area contributed by atoms with Crippen LogP contribution >= 0.6 is 0 Å². The Morgan fingerprint density at radius 3 is 2.47 bits per heavy atom. The fraction of sp³-hybridized carbons (Fsp3) is 0.571. The van der Waals surface area contributed by atoms with Gasteiger partial charge in [0.15, 0.2) is 0 Å². The Balaban J connectivity index is 1.58. The van der Waals surface area contributed by atoms with E-state index in [9.17, 15) is 9.59 Å². The highest BCUT2D eigenvalue weighted by Crippen LogP contribution is 2.36. The van der Waals surface area contributed by atoms with E-state index >= 15 is 0 Å². The number of aromatic nitrogens is 2. The Morgan fingerprint density at radius 2 is 1.82 bits per heavy atom. The molecule has 3 aliphatic rings. The summed E-state index contributed by atoms with van der Waals surface area (Å²) in [6.45, 7) is 11.6. The Hall–Kier alpha value is -3.40. The molecule has 2 unspecified atom stereocenters. The number of rotatable bonds is 5. The van der Waals surface area contributed by atoms with Gasteiger partial charge in [-0.2, -0.15) is 4.98 Å². The van der Waals surface area contributed by atoms with Gasteiger partial charge in [-0.25, -0.2) is 9.78 Å². The molecule has 2 atom stereocenters. The highest BCUT2D eigenvalue weighted by atomic mass is 16.5. The molecule has 0 saturated carbocycles. The second kappa shape index (κ2) is 10.8. The van der Waals surface area contributed by atoms with Crippen molar-refractivity contribution in [2.45, 2.75) is 59.2 Å². The first-order valence-electron chi connectivity index (χ1n) is 13.7. The van der Waals surface area contributed by atoms with E-state index in [1.54, 1.807) is 0 Å². The molecule has 3 aliphatic heterocycles. The predicted molar refractivity (Wildman–Crippen MR) is 146 cm³/mol. The molecule has 1 aromatic carbocycles. The minimum atomic E-state index is -0.266. The molecule has 5 rings (SSSR count). The maximum absolute atomic E-state index is 13.9. The van der Waals surface area contributed by atoms with Crippen LogP contribution in [-0.4, -0.2) is 78.3 Å². The minimum Gasteiger partial charge on any atom is -0.476 e. The normalized spacial score (nSPS) is 22.6. The number of amides is 3. The van der Waals surface area contributed by atoms with Crippen molar-refractivity contribution < 1.29 is 19.1 Å². The molecular formula is C28H38N6O4. The Labute approximate surface area is 224 Å². The first kappa shape index (κ1) is 26.2. The topological polar surface area (TPSA) is 109 Å². The van der Waals surface area contributed by atoms with Crippen LogP contribution in [0.3, 0.4) is 0 Å². The molecular weight excluding hydrogens is 484 g/mol. The quantitative estimate of drug-likeness (QED) is 0.613. The van der Waals surface area contributed by atoms with Gasteiger partial charge in [-0.05, 0) is 45.2 Å². The highest BCUT2D eigenvalue weighted by Gasteiger charge is 2.37. The molecule has 3 amide bonds. The van der Waals surface area contributed by atoms with Crippen molar-refractivity contribution in [3.8, 4) is 17.1 Å². The highest BCUT2D eigenvalue weighted by molar-refractivity contribution is 6.02. The van der Waals surface area contributed by atoms with E-state index in [-0.39, 0.29) is 29.6 Å². The van der Waals surface area contributed by atoms with Gasteiger partial charge in [-0.15, -0.1) is 0 Å². The van der Waals surface area contributed by atoms with Crippen LogP contribution < -0.4 is 20.3 Å². The molecule has 2 fully saturated rings. The van der Waals surface area contributed by atoms with Crippen molar-refractivity contribution in [3.05, 3.63) is 29.8 Å². The maximum atomic E-state index is 13.9. The second-order valence-corrected chi connectivity index (χ2v) is 11.1. The minimum absolute atomic E-state index is 0.139. The Kier molecular flexibility index (Phi) is 7.43. The van der Waals surface area contributed by atoms with Crippen molar-refractivity contribution in [1.82, 2.24) is 20.2 Å². The average molecular weight is 523 g/mol. The van der Waals surface area contributed by atoms with Crippen LogP contribution in [0.5, 0.6) is 5.88 Å². The third-order valence-corrected chi connectivity index (χ3v) is 7.29. The number of carbonyl (C=O) groups is 2. The molecule has 4 heterocycles. The van der Waals surface area contributed by atoms with Crippen molar-refractivity contribution in [1.29, 1.82) is 0 Å². The number of ether oxygens (including phenoxy) is 2. The molecule has 2 bridgehead atoms. The molecule has 2 aromatic rings. The number of anilines is 2. The zero-order chi connectivity index (χ0) is 26.9. The van der Waals surface area contributed by atoms with Gasteiger partial charge in [-0.3, -0.25) is 4.79 Å². The lowest BCUT2D eigenvalue weighted by atomic mass is 9.92. The lowest BCUT2D eigenvalue weighted by molar-refractivity contribution is -0.0609. The van der Waals surface area contributed by atoms with Gasteiger partial charge in [0.1, 0.15) is 5.56 Å². The molecule has 10 heteroatoms. The molecule has 0 spiro atoms. The van der Waals surface area contributed by atoms with Crippen LogP contribution in [-0.2, 0) is 4.74 Å². The van der Waals surface area contributed by atoms with E-state index in [4.69, 9.17) is 19.4 Å². The lowest BCUT2D eigenvalue weighted by Gasteiger charge is -2.41. The molecule has 10 nitrogen and oxygen atoms in total. The summed E-state index contributed by atoms with van der Waals surface area (Å²) in [5.74, 6) is 0.736. The predicted octanol–water partition coefficient (Wildman–Crippen LogP) is 3.92. The number of hydrogen-bond donors (Lipinski definition) is 2. The number of fused-ring (bicyclic) bond motifs is 3. The zero-order valence-corrected chi connectivity index (χ0v) is 22.7. The van der Waals surface area contributed by atoms with Crippen LogP contribution in [0.15, 0.2) is 24.3 Å². The summed E-state index contributed by atoms with van der Waals surface area (Å²) in [4.78, 5) is 39.7. The van der Waals surface area contributed by atoms with Crippen molar-refractivity contribution in [2.75, 3.05) is 49.5 Å². The second-order valence-electron chi connectivity index (χ2n) is 11.1. The van der Waals surface area contributed by atoms with Crippen LogP contribution in [0.25, 0.3) is 11.3 Å². The van der Waals surface area contributed by atoms with E-state index in [1.807, 2.05) is 43.0 Å². The van der Waals surface area contributed by atoms with Crippen LogP contribution in [0.4, 0.5) is 16.4 Å². The largest absolute Gasteiger partial charge is 0.476 e. The third kappa shape index (κ3) is 5.55. The summed E-state index contributed by atoms with van der Waals surface area (Å²) in [5.41, 5.74) is 2.10. The van der Waals surface area contributed by atoms with Crippen molar-refractivity contribution in [2.24, 2.45) is 5.41 Å². The van der Waals surface area contributed by atoms with Gasteiger partial charge < -0.3 is 29.9 Å². The number of urea groups is 1. The monoisotopic (exact) mass is 522 g/mol. The first-order valence-corrected chi connectivity index (χ1v) is 13.7. The van der Waals surface area contributed by atoms with Crippen LogP contribution in [0.1, 0.15) is 57.3 Å². The molecule has 38 heavy (non-hydrogen) atoms. The third-order valence-electron chi connectivity index (χ3n) is 7.29. The fourth-order valence-corrected chi connectivity index (χ4v) is 5.41.